The molecule has 0 saturated carbocycles. The quantitative estimate of drug-likeness (QED) is 0.634. The molecule has 66 valence electrons. The number of aryl methyl sites for hydroxylation is 2. The zero-order valence-electron chi connectivity index (χ0n) is 6.89. The van der Waals surface area contributed by atoms with E-state index in [0.717, 1.165) is 11.4 Å². The molecule has 0 N–H and O–H groups in total. The van der Waals surface area contributed by atoms with Crippen LogP contribution in [0.5, 0.6) is 0 Å². The van der Waals surface area contributed by atoms with Gasteiger partial charge in [-0.25, -0.2) is 30.1 Å². The molecule has 0 aliphatic carbocycles. The molecule has 0 amide bonds. The molecule has 1 aromatic rings. The minimum Gasteiger partial charge on any atom is -0.258 e. The molecule has 1 rings (SSSR count). The van der Waals surface area contributed by atoms with Gasteiger partial charge in [0.1, 0.15) is 0 Å². The Balaban J connectivity index is 0.000000261. The molecule has 0 fully saturated rings. The van der Waals surface area contributed by atoms with Gasteiger partial charge in [0, 0.05) is 11.4 Å². The summed E-state index contributed by atoms with van der Waals surface area (Å²) >= 11 is -1.72. The van der Waals surface area contributed by atoms with E-state index in [-0.39, 0.29) is 0 Å². The fourth-order valence-electron chi connectivity index (χ4n) is 0.679. The van der Waals surface area contributed by atoms with Crippen molar-refractivity contribution in [2.75, 3.05) is 0 Å². The van der Waals surface area contributed by atoms with Gasteiger partial charge in [-0.1, -0.05) is 6.07 Å². The molecule has 0 aliphatic heterocycles. The van der Waals surface area contributed by atoms with Crippen LogP contribution in [-0.2, 0) is 0 Å². The van der Waals surface area contributed by atoms with Crippen molar-refractivity contribution in [1.82, 2.24) is 4.98 Å². The average molecular weight is 240 g/mol. The number of pyridine rings is 1. The second-order valence-corrected chi connectivity index (χ2v) is 8.60. The molecule has 1 aromatic heterocycles. The van der Waals surface area contributed by atoms with Crippen molar-refractivity contribution in [2.24, 2.45) is 0 Å². The van der Waals surface area contributed by atoms with Crippen LogP contribution >= 0.6 is 30.1 Å². The van der Waals surface area contributed by atoms with E-state index >= 15 is 0 Å². The highest BCUT2D eigenvalue weighted by atomic mass is 35.8. The highest BCUT2D eigenvalue weighted by Gasteiger charge is 2.00. The van der Waals surface area contributed by atoms with E-state index in [4.69, 9.17) is 30.1 Å². The zero-order chi connectivity index (χ0) is 9.56. The molecule has 5 heteroatoms. The SMILES string of the molecule is Cc1cccc(C)n1.[Cl][Al]([Cl])[Cl]. The Morgan fingerprint density at radius 1 is 1.08 bits per heavy atom. The lowest BCUT2D eigenvalue weighted by atomic mass is 10.3. The van der Waals surface area contributed by atoms with Gasteiger partial charge in [-0.05, 0) is 26.0 Å². The number of aromatic nitrogens is 1. The molecule has 0 bridgehead atoms. The Morgan fingerprint density at radius 2 is 1.42 bits per heavy atom. The van der Waals surface area contributed by atoms with Crippen molar-refractivity contribution in [3.8, 4) is 0 Å². The van der Waals surface area contributed by atoms with Crippen LogP contribution < -0.4 is 0 Å². The van der Waals surface area contributed by atoms with Crippen molar-refractivity contribution < 1.29 is 0 Å². The van der Waals surface area contributed by atoms with Gasteiger partial charge in [-0.3, -0.25) is 4.98 Å². The van der Waals surface area contributed by atoms with E-state index in [1.165, 1.54) is 0 Å². The maximum absolute atomic E-state index is 4.94. The predicted octanol–water partition coefficient (Wildman–Crippen LogP) is 3.39. The van der Waals surface area contributed by atoms with Gasteiger partial charge in [0.15, 0.2) is 0 Å². The van der Waals surface area contributed by atoms with Crippen molar-refractivity contribution >= 4 is 41.5 Å². The number of rotatable bonds is 0. The second-order valence-electron chi connectivity index (χ2n) is 2.17. The van der Waals surface area contributed by atoms with Crippen LogP contribution in [0.1, 0.15) is 11.4 Å². The second kappa shape index (κ2) is 7.00. The third-order valence-corrected chi connectivity index (χ3v) is 1.03. The third-order valence-electron chi connectivity index (χ3n) is 1.03. The Kier molecular flexibility index (Phi) is 7.33. The maximum Gasteiger partial charge on any atom is 0.643 e. The molecule has 0 spiro atoms. The Labute approximate surface area is 89.7 Å². The zero-order valence-corrected chi connectivity index (χ0v) is 10.3. The van der Waals surface area contributed by atoms with Crippen LogP contribution in [0.2, 0.25) is 0 Å². The van der Waals surface area contributed by atoms with Gasteiger partial charge < -0.3 is 0 Å². The standard InChI is InChI=1S/C7H9N.Al.3ClH/c1-6-4-3-5-7(2)8-6;;;;/h3-5H,1-2H3;;3*1H/q;+3;;;/p-3. The fourth-order valence-corrected chi connectivity index (χ4v) is 0.679. The lowest BCUT2D eigenvalue weighted by Crippen LogP contribution is -1.81. The Morgan fingerprint density at radius 3 is 1.58 bits per heavy atom. The van der Waals surface area contributed by atoms with Crippen LogP contribution in [-0.4, -0.2) is 16.4 Å². The molecule has 0 saturated heterocycles. The van der Waals surface area contributed by atoms with E-state index in [2.05, 4.69) is 4.98 Å². The average Bonchev–Trinajstić information content (AvgIpc) is 1.84. The lowest BCUT2D eigenvalue weighted by molar-refractivity contribution is 1.12. The van der Waals surface area contributed by atoms with Gasteiger partial charge >= 0.3 is 11.4 Å². The summed E-state index contributed by atoms with van der Waals surface area (Å²) in [6.45, 7) is 3.99. The van der Waals surface area contributed by atoms with Gasteiger partial charge in [0.25, 0.3) is 0 Å². The van der Waals surface area contributed by atoms with Crippen LogP contribution in [0.4, 0.5) is 0 Å². The summed E-state index contributed by atoms with van der Waals surface area (Å²) in [5.41, 5.74) is 2.18. The summed E-state index contributed by atoms with van der Waals surface area (Å²) < 4.78 is 0. The molecule has 0 atom stereocenters. The van der Waals surface area contributed by atoms with E-state index in [9.17, 15) is 0 Å². The van der Waals surface area contributed by atoms with Crippen LogP contribution in [0.25, 0.3) is 0 Å². The summed E-state index contributed by atoms with van der Waals surface area (Å²) in [6.07, 6.45) is 0. The first kappa shape index (κ1) is 12.6. The highest BCUT2D eigenvalue weighted by molar-refractivity contribution is 7.54. The topological polar surface area (TPSA) is 12.9 Å². The predicted molar refractivity (Wildman–Crippen MR) is 57.0 cm³/mol. The van der Waals surface area contributed by atoms with E-state index in [1.807, 2.05) is 32.0 Å². The first-order valence-corrected chi connectivity index (χ1v) is 8.58. The van der Waals surface area contributed by atoms with Crippen molar-refractivity contribution in [3.05, 3.63) is 29.6 Å². The fraction of sp³-hybridized carbons (Fsp3) is 0.286. The number of hydrogen-bond donors (Lipinski definition) is 0. The summed E-state index contributed by atoms with van der Waals surface area (Å²) in [5.74, 6) is 0. The summed E-state index contributed by atoms with van der Waals surface area (Å²) in [5, 5.41) is 0. The van der Waals surface area contributed by atoms with Crippen molar-refractivity contribution in [2.45, 2.75) is 13.8 Å². The number of nitrogens with zero attached hydrogens (tertiary/aromatic N) is 1. The Bertz CT molecular complexity index is 210. The van der Waals surface area contributed by atoms with Gasteiger partial charge in [0.2, 0.25) is 0 Å². The molecular weight excluding hydrogens is 231 g/mol. The van der Waals surface area contributed by atoms with Crippen LogP contribution in [0.15, 0.2) is 18.2 Å². The minimum absolute atomic E-state index is 1.09. The largest absolute Gasteiger partial charge is 0.643 e. The summed E-state index contributed by atoms with van der Waals surface area (Å²) in [7, 11) is 14.8. The van der Waals surface area contributed by atoms with E-state index < -0.39 is 11.4 Å². The molecule has 12 heavy (non-hydrogen) atoms. The molecule has 0 aromatic carbocycles. The minimum atomic E-state index is -1.72. The third kappa shape index (κ3) is 8.65. The van der Waals surface area contributed by atoms with Crippen LogP contribution in [0.3, 0.4) is 0 Å². The lowest BCUT2D eigenvalue weighted by Gasteiger charge is -1.90. The van der Waals surface area contributed by atoms with E-state index in [0.29, 0.717) is 0 Å². The first-order chi connectivity index (χ1) is 5.52. The van der Waals surface area contributed by atoms with Crippen molar-refractivity contribution in [3.63, 3.8) is 0 Å². The molecule has 1 nitrogen and oxygen atoms in total. The number of hydrogen-bond acceptors (Lipinski definition) is 1. The molecule has 0 radical (unpaired) electrons. The van der Waals surface area contributed by atoms with Crippen molar-refractivity contribution in [1.29, 1.82) is 0 Å². The van der Waals surface area contributed by atoms with Gasteiger partial charge in [-0.15, -0.1) is 0 Å². The first-order valence-electron chi connectivity index (χ1n) is 3.35. The maximum atomic E-state index is 4.94. The molecule has 0 unspecified atom stereocenters. The molecule has 0 aliphatic rings. The van der Waals surface area contributed by atoms with E-state index in [1.54, 1.807) is 0 Å². The molecular formula is C7H9AlCl3N. The van der Waals surface area contributed by atoms with Gasteiger partial charge in [0.05, 0.1) is 0 Å². The Hall–Kier alpha value is 0.552. The summed E-state index contributed by atoms with van der Waals surface area (Å²) in [4.78, 5) is 4.17. The summed E-state index contributed by atoms with van der Waals surface area (Å²) in [6, 6.07) is 6.00. The molecule has 1 heterocycles. The monoisotopic (exact) mass is 239 g/mol. The normalized spacial score (nSPS) is 8.42. The van der Waals surface area contributed by atoms with Gasteiger partial charge in [-0.2, -0.15) is 0 Å². The highest BCUT2D eigenvalue weighted by Crippen LogP contribution is 1.97. The van der Waals surface area contributed by atoms with Crippen LogP contribution in [0, 0.1) is 13.8 Å². The number of halogens is 3. The smallest absolute Gasteiger partial charge is 0.258 e.